The monoisotopic (exact) mass is 301 g/mol. The number of hydrogen-bond donors (Lipinski definition) is 2. The van der Waals surface area contributed by atoms with Crippen LogP contribution < -0.4 is 11.1 Å². The molecule has 3 amide bonds. The number of nitrogens with two attached hydrogens (primary N) is 1. The lowest BCUT2D eigenvalue weighted by atomic mass is 10.1. The number of unbranched alkanes of at least 4 members (excludes halogenated alkanes) is 1. The Labute approximate surface area is 131 Å². The summed E-state index contributed by atoms with van der Waals surface area (Å²) in [5.41, 5.74) is 7.21. The summed E-state index contributed by atoms with van der Waals surface area (Å²) in [5.74, 6) is 2.55. The molecule has 0 heterocycles. The molecule has 1 aromatic rings. The third-order valence-corrected chi connectivity index (χ3v) is 3.25. The van der Waals surface area contributed by atoms with E-state index in [1.165, 1.54) is 5.56 Å². The normalized spacial score (nSPS) is 9.82. The summed E-state index contributed by atoms with van der Waals surface area (Å²) in [5, 5.41) is 2.50. The summed E-state index contributed by atoms with van der Waals surface area (Å²) in [6, 6.07) is 7.50. The number of rotatable bonds is 8. The number of hydrogen-bond acceptors (Lipinski definition) is 2. The lowest BCUT2D eigenvalue weighted by Gasteiger charge is -2.20. The molecule has 0 unspecified atom stereocenters. The molecule has 0 saturated carbocycles. The minimum absolute atomic E-state index is 0.0256. The van der Waals surface area contributed by atoms with Crippen molar-refractivity contribution in [1.82, 2.24) is 10.2 Å². The molecule has 0 spiro atoms. The molecule has 118 valence electrons. The second kappa shape index (κ2) is 9.46. The molecule has 0 aliphatic rings. The third kappa shape index (κ3) is 6.80. The molecular weight excluding hydrogens is 278 g/mol. The maximum Gasteiger partial charge on any atom is 0.312 e. The van der Waals surface area contributed by atoms with E-state index in [4.69, 9.17) is 12.2 Å². The molecule has 0 aliphatic heterocycles. The first-order valence-electron chi connectivity index (χ1n) is 7.33. The quantitative estimate of drug-likeness (QED) is 0.567. The van der Waals surface area contributed by atoms with Gasteiger partial charge in [-0.3, -0.25) is 4.79 Å². The largest absolute Gasteiger partial charge is 0.352 e. The fourth-order valence-electron chi connectivity index (χ4n) is 2.03. The second-order valence-electron chi connectivity index (χ2n) is 5.19. The molecule has 0 radical (unpaired) electrons. The molecule has 3 N–H and O–H groups in total. The van der Waals surface area contributed by atoms with E-state index in [2.05, 4.69) is 11.2 Å². The first kappa shape index (κ1) is 17.6. The van der Waals surface area contributed by atoms with Crippen molar-refractivity contribution < 1.29 is 9.59 Å². The van der Waals surface area contributed by atoms with Crippen LogP contribution in [-0.4, -0.2) is 29.9 Å². The minimum Gasteiger partial charge on any atom is -0.352 e. The van der Waals surface area contributed by atoms with Gasteiger partial charge in [0.15, 0.2) is 0 Å². The molecule has 0 aliphatic carbocycles. The molecule has 1 rings (SSSR count). The number of nitrogens with zero attached hydrogens (tertiary/aromatic N) is 1. The number of primary amides is 1. The molecule has 5 heteroatoms. The summed E-state index contributed by atoms with van der Waals surface area (Å²) in [7, 11) is 0. The van der Waals surface area contributed by atoms with Gasteiger partial charge in [0.25, 0.3) is 0 Å². The Hall–Kier alpha value is -2.48. The summed E-state index contributed by atoms with van der Waals surface area (Å²) >= 11 is 0. The average molecular weight is 301 g/mol. The van der Waals surface area contributed by atoms with Gasteiger partial charge in [-0.1, -0.05) is 35.7 Å². The Morgan fingerprint density at radius 3 is 2.55 bits per heavy atom. The number of terminal acetylenes is 1. The fraction of sp³-hybridized carbons (Fsp3) is 0.412. The smallest absolute Gasteiger partial charge is 0.312 e. The van der Waals surface area contributed by atoms with E-state index in [1.807, 2.05) is 31.2 Å². The van der Waals surface area contributed by atoms with Gasteiger partial charge in [-0.05, 0) is 25.3 Å². The Balaban J connectivity index is 2.44. The molecule has 5 nitrogen and oxygen atoms in total. The standard InChI is InChI=1S/C17H23N3O2/c1-3-12-20(13-15-9-7-14(2)8-10-15)16(21)6-4-5-11-19-17(18)22/h1,7-10H,4-6,11-13H2,2H3,(H3,18,19,22). The molecule has 1 aromatic carbocycles. The predicted octanol–water partition coefficient (Wildman–Crippen LogP) is 1.80. The van der Waals surface area contributed by atoms with E-state index in [1.54, 1.807) is 4.90 Å². The summed E-state index contributed by atoms with van der Waals surface area (Å²) in [6.07, 6.45) is 7.16. The van der Waals surface area contributed by atoms with E-state index in [0.717, 1.165) is 5.56 Å². The highest BCUT2D eigenvalue weighted by molar-refractivity contribution is 5.76. The highest BCUT2D eigenvalue weighted by Crippen LogP contribution is 2.09. The maximum absolute atomic E-state index is 12.2. The Bertz CT molecular complexity index is 532. The Morgan fingerprint density at radius 2 is 1.95 bits per heavy atom. The topological polar surface area (TPSA) is 75.4 Å². The first-order valence-corrected chi connectivity index (χ1v) is 7.33. The van der Waals surface area contributed by atoms with E-state index >= 15 is 0 Å². The van der Waals surface area contributed by atoms with Crippen molar-refractivity contribution in [3.05, 3.63) is 35.4 Å². The van der Waals surface area contributed by atoms with Crippen molar-refractivity contribution in [2.75, 3.05) is 13.1 Å². The van der Waals surface area contributed by atoms with Crippen molar-refractivity contribution >= 4 is 11.9 Å². The van der Waals surface area contributed by atoms with Crippen molar-refractivity contribution in [2.24, 2.45) is 5.73 Å². The SMILES string of the molecule is C#CCN(Cc1ccc(C)cc1)C(=O)CCCCNC(N)=O. The Kier molecular flexibility index (Phi) is 7.55. The number of benzene rings is 1. The van der Waals surface area contributed by atoms with Crippen molar-refractivity contribution in [2.45, 2.75) is 32.7 Å². The van der Waals surface area contributed by atoms with Crippen LogP contribution in [0.1, 0.15) is 30.4 Å². The second-order valence-corrected chi connectivity index (χ2v) is 5.19. The number of amides is 3. The van der Waals surface area contributed by atoms with Crippen LogP contribution in [0.4, 0.5) is 4.79 Å². The van der Waals surface area contributed by atoms with Crippen LogP contribution in [0, 0.1) is 19.3 Å². The van der Waals surface area contributed by atoms with Crippen LogP contribution in [0.25, 0.3) is 0 Å². The zero-order valence-corrected chi connectivity index (χ0v) is 13.0. The molecule has 0 atom stereocenters. The van der Waals surface area contributed by atoms with Crippen molar-refractivity contribution in [3.63, 3.8) is 0 Å². The van der Waals surface area contributed by atoms with Crippen LogP contribution in [0.3, 0.4) is 0 Å². The van der Waals surface area contributed by atoms with Crippen LogP contribution in [0.15, 0.2) is 24.3 Å². The summed E-state index contributed by atoms with van der Waals surface area (Å²) in [6.45, 7) is 3.32. The summed E-state index contributed by atoms with van der Waals surface area (Å²) in [4.78, 5) is 24.4. The highest BCUT2D eigenvalue weighted by Gasteiger charge is 2.12. The van der Waals surface area contributed by atoms with E-state index in [9.17, 15) is 9.59 Å². The minimum atomic E-state index is -0.542. The molecule has 0 aromatic heterocycles. The van der Waals surface area contributed by atoms with Gasteiger partial charge >= 0.3 is 6.03 Å². The first-order chi connectivity index (χ1) is 10.5. The van der Waals surface area contributed by atoms with Crippen LogP contribution in [0.5, 0.6) is 0 Å². The average Bonchev–Trinajstić information content (AvgIpc) is 2.48. The molecular formula is C17H23N3O2. The highest BCUT2D eigenvalue weighted by atomic mass is 16.2. The number of nitrogens with one attached hydrogen (secondary N) is 1. The lowest BCUT2D eigenvalue weighted by Crippen LogP contribution is -2.32. The van der Waals surface area contributed by atoms with Gasteiger partial charge < -0.3 is 16.0 Å². The predicted molar refractivity (Wildman–Crippen MR) is 86.9 cm³/mol. The third-order valence-electron chi connectivity index (χ3n) is 3.25. The fourth-order valence-corrected chi connectivity index (χ4v) is 2.03. The molecule has 22 heavy (non-hydrogen) atoms. The number of carbonyl (C=O) groups excluding carboxylic acids is 2. The van der Waals surface area contributed by atoms with Gasteiger partial charge in [-0.25, -0.2) is 4.79 Å². The number of carbonyl (C=O) groups is 2. The molecule has 0 bridgehead atoms. The van der Waals surface area contributed by atoms with Gasteiger partial charge in [-0.15, -0.1) is 6.42 Å². The molecule has 0 saturated heterocycles. The van der Waals surface area contributed by atoms with E-state index in [-0.39, 0.29) is 5.91 Å². The lowest BCUT2D eigenvalue weighted by molar-refractivity contribution is -0.131. The van der Waals surface area contributed by atoms with Crippen LogP contribution in [-0.2, 0) is 11.3 Å². The van der Waals surface area contributed by atoms with Gasteiger partial charge in [0.05, 0.1) is 6.54 Å². The van der Waals surface area contributed by atoms with Crippen LogP contribution in [0.2, 0.25) is 0 Å². The zero-order chi connectivity index (χ0) is 16.4. The van der Waals surface area contributed by atoms with Crippen LogP contribution >= 0.6 is 0 Å². The van der Waals surface area contributed by atoms with Gasteiger partial charge in [0, 0.05) is 19.5 Å². The van der Waals surface area contributed by atoms with Gasteiger partial charge in [0.2, 0.25) is 5.91 Å². The zero-order valence-electron chi connectivity index (χ0n) is 13.0. The number of aryl methyl sites for hydroxylation is 1. The van der Waals surface area contributed by atoms with Crippen molar-refractivity contribution in [3.8, 4) is 12.3 Å². The Morgan fingerprint density at radius 1 is 1.27 bits per heavy atom. The van der Waals surface area contributed by atoms with Crippen molar-refractivity contribution in [1.29, 1.82) is 0 Å². The summed E-state index contributed by atoms with van der Waals surface area (Å²) < 4.78 is 0. The van der Waals surface area contributed by atoms with E-state index < -0.39 is 6.03 Å². The van der Waals surface area contributed by atoms with Gasteiger partial charge in [0.1, 0.15) is 0 Å². The van der Waals surface area contributed by atoms with Gasteiger partial charge in [-0.2, -0.15) is 0 Å². The number of urea groups is 1. The maximum atomic E-state index is 12.2. The molecule has 0 fully saturated rings. The van der Waals surface area contributed by atoms with E-state index in [0.29, 0.717) is 38.9 Å².